The van der Waals surface area contributed by atoms with Crippen molar-refractivity contribution in [2.45, 2.75) is 0 Å². The molecule has 3 rings (SSSR count). The lowest BCUT2D eigenvalue weighted by atomic mass is 10.2. The highest BCUT2D eigenvalue weighted by atomic mass is 79.9. The molecule has 0 atom stereocenters. The summed E-state index contributed by atoms with van der Waals surface area (Å²) < 4.78 is 60.4. The van der Waals surface area contributed by atoms with E-state index in [2.05, 4.69) is 15.9 Å². The summed E-state index contributed by atoms with van der Waals surface area (Å²) in [6, 6.07) is -2.17. The lowest BCUT2D eigenvalue weighted by Gasteiger charge is -1.89. The van der Waals surface area contributed by atoms with Crippen LogP contribution in [0.2, 0.25) is 0 Å². The van der Waals surface area contributed by atoms with Gasteiger partial charge in [0.25, 0.3) is 0 Å². The molecular formula is C12H7BrO. The third-order valence-electron chi connectivity index (χ3n) is 1.85. The van der Waals surface area contributed by atoms with Crippen molar-refractivity contribution in [1.82, 2.24) is 0 Å². The number of hydrogen-bond acceptors (Lipinski definition) is 1. The predicted octanol–water partition coefficient (Wildman–Crippen LogP) is 4.35. The van der Waals surface area contributed by atoms with Gasteiger partial charge in [-0.1, -0.05) is 34.1 Å². The summed E-state index contributed by atoms with van der Waals surface area (Å²) in [5.41, 5.74) is -0.125. The summed E-state index contributed by atoms with van der Waals surface area (Å²) in [5.74, 6) is 0. The van der Waals surface area contributed by atoms with Gasteiger partial charge < -0.3 is 4.42 Å². The van der Waals surface area contributed by atoms with Gasteiger partial charge in [-0.15, -0.1) is 0 Å². The van der Waals surface area contributed by atoms with Crippen LogP contribution >= 0.6 is 15.9 Å². The van der Waals surface area contributed by atoms with Crippen LogP contribution in [0, 0.1) is 0 Å². The summed E-state index contributed by atoms with van der Waals surface area (Å²) in [5, 5.41) is 0.103. The number of fused-ring (bicyclic) bond motifs is 3. The van der Waals surface area contributed by atoms with Gasteiger partial charge in [-0.2, -0.15) is 0 Å². The molecule has 0 saturated heterocycles. The molecule has 2 heteroatoms. The molecule has 68 valence electrons. The van der Waals surface area contributed by atoms with Gasteiger partial charge in [-0.25, -0.2) is 0 Å². The van der Waals surface area contributed by atoms with E-state index in [1.807, 2.05) is 0 Å². The van der Waals surface area contributed by atoms with E-state index in [1.165, 1.54) is 0 Å². The van der Waals surface area contributed by atoms with Crippen molar-refractivity contribution in [3.63, 3.8) is 0 Å². The quantitative estimate of drug-likeness (QED) is 0.581. The predicted molar refractivity (Wildman–Crippen MR) is 61.4 cm³/mol. The molecule has 0 spiro atoms. The van der Waals surface area contributed by atoms with E-state index < -0.39 is 12.1 Å². The zero-order valence-electron chi connectivity index (χ0n) is 13.8. The maximum atomic E-state index is 8.00. The molecule has 1 aromatic heterocycles. The van der Waals surface area contributed by atoms with Gasteiger partial charge in [0, 0.05) is 15.2 Å². The fourth-order valence-electron chi connectivity index (χ4n) is 1.28. The Morgan fingerprint density at radius 1 is 1.00 bits per heavy atom. The molecule has 0 aliphatic rings. The first-order valence-electron chi connectivity index (χ1n) is 7.35. The summed E-state index contributed by atoms with van der Waals surface area (Å²) in [6.07, 6.45) is 0. The van der Waals surface area contributed by atoms with Gasteiger partial charge in [0.15, 0.2) is 0 Å². The molecule has 0 N–H and O–H groups in total. The highest BCUT2D eigenvalue weighted by Gasteiger charge is 2.05. The molecular weight excluding hydrogens is 240 g/mol. The van der Waals surface area contributed by atoms with Gasteiger partial charge in [-0.05, 0) is 24.2 Å². The minimum atomic E-state index is -0.435. The number of hydrogen-bond donors (Lipinski definition) is 0. The van der Waals surface area contributed by atoms with Crippen LogP contribution in [-0.2, 0) is 0 Å². The molecule has 0 saturated carbocycles. The van der Waals surface area contributed by atoms with Crippen LogP contribution in [0.5, 0.6) is 0 Å². The second-order valence-electron chi connectivity index (χ2n) is 2.70. The van der Waals surface area contributed by atoms with E-state index >= 15 is 0 Å². The number of benzene rings is 2. The van der Waals surface area contributed by atoms with E-state index in [-0.39, 0.29) is 56.6 Å². The summed E-state index contributed by atoms with van der Waals surface area (Å²) >= 11 is 3.05. The smallest absolute Gasteiger partial charge is 0.136 e. The van der Waals surface area contributed by atoms with Gasteiger partial charge >= 0.3 is 0 Å². The minimum Gasteiger partial charge on any atom is -0.456 e. The summed E-state index contributed by atoms with van der Waals surface area (Å²) in [7, 11) is 0. The Morgan fingerprint density at radius 2 is 1.79 bits per heavy atom. The van der Waals surface area contributed by atoms with Crippen LogP contribution in [0.1, 0.15) is 9.60 Å². The molecule has 0 amide bonds. The van der Waals surface area contributed by atoms with E-state index in [4.69, 9.17) is 14.0 Å². The van der Waals surface area contributed by atoms with Crippen LogP contribution in [0.3, 0.4) is 0 Å². The fraction of sp³-hybridized carbons (Fsp3) is 0. The van der Waals surface area contributed by atoms with Crippen molar-refractivity contribution in [2.24, 2.45) is 0 Å². The largest absolute Gasteiger partial charge is 0.456 e. The lowest BCUT2D eigenvalue weighted by molar-refractivity contribution is 0.668. The number of halogens is 1. The van der Waals surface area contributed by atoms with Crippen LogP contribution in [0.25, 0.3) is 21.9 Å². The lowest BCUT2D eigenvalue weighted by Crippen LogP contribution is -1.65. The molecule has 0 radical (unpaired) electrons. The Morgan fingerprint density at radius 3 is 2.71 bits per heavy atom. The van der Waals surface area contributed by atoms with Gasteiger partial charge in [0.1, 0.15) is 11.2 Å². The number of rotatable bonds is 0. The van der Waals surface area contributed by atoms with Crippen LogP contribution in [0.4, 0.5) is 0 Å². The Hall–Kier alpha value is -1.28. The van der Waals surface area contributed by atoms with Crippen molar-refractivity contribution in [1.29, 1.82) is 0 Å². The highest BCUT2D eigenvalue weighted by molar-refractivity contribution is 9.10. The third kappa shape index (κ3) is 1.07. The molecule has 0 bridgehead atoms. The average molecular weight is 254 g/mol. The normalized spacial score (nSPS) is 18.2. The van der Waals surface area contributed by atoms with E-state index in [1.54, 1.807) is 0 Å². The van der Waals surface area contributed by atoms with Crippen molar-refractivity contribution < 1.29 is 14.0 Å². The van der Waals surface area contributed by atoms with Crippen molar-refractivity contribution in [3.8, 4) is 0 Å². The summed E-state index contributed by atoms with van der Waals surface area (Å²) in [6.45, 7) is 0. The SMILES string of the molecule is [2H]c1c([2H])c([2H])c2c(oc3c([2H])c(Br)c([2H])c([2H])c32)c1[2H]. The Bertz CT molecular complexity index is 857. The monoisotopic (exact) mass is 253 g/mol. The number of furan rings is 1. The van der Waals surface area contributed by atoms with Crippen molar-refractivity contribution >= 4 is 37.9 Å². The number of para-hydroxylation sites is 1. The van der Waals surface area contributed by atoms with Gasteiger partial charge in [-0.3, -0.25) is 0 Å². The van der Waals surface area contributed by atoms with Crippen molar-refractivity contribution in [3.05, 3.63) is 46.8 Å². The zero-order chi connectivity index (χ0) is 15.6. The Kier molecular flexibility index (Phi) is 0.755. The standard InChI is InChI=1S/C12H7BrO/c13-8-5-6-10-9-3-1-2-4-11(9)14-12(10)7-8/h1-7H/i1D,2D,3D,4D,5D,6D,7D. The minimum absolute atomic E-state index is 0.0233. The van der Waals surface area contributed by atoms with Gasteiger partial charge in [0.2, 0.25) is 0 Å². The Balaban J connectivity index is 2.73. The van der Waals surface area contributed by atoms with Gasteiger partial charge in [0.05, 0.1) is 9.60 Å². The molecule has 3 aromatic rings. The molecule has 0 unspecified atom stereocenters. The topological polar surface area (TPSA) is 13.1 Å². The van der Waals surface area contributed by atoms with E-state index in [0.29, 0.717) is 0 Å². The molecule has 14 heavy (non-hydrogen) atoms. The highest BCUT2D eigenvalue weighted by Crippen LogP contribution is 2.30. The first-order valence-corrected chi connectivity index (χ1v) is 4.64. The van der Waals surface area contributed by atoms with E-state index in [0.717, 1.165) is 0 Å². The molecule has 1 nitrogen and oxygen atoms in total. The van der Waals surface area contributed by atoms with E-state index in [9.17, 15) is 0 Å². The van der Waals surface area contributed by atoms with Crippen LogP contribution in [0.15, 0.2) is 51.2 Å². The second kappa shape index (κ2) is 2.85. The van der Waals surface area contributed by atoms with Crippen LogP contribution in [-0.4, -0.2) is 0 Å². The fourth-order valence-corrected chi connectivity index (χ4v) is 1.55. The Labute approximate surface area is 99.3 Å². The first kappa shape index (κ1) is 3.70. The molecule has 1 heterocycles. The zero-order valence-corrected chi connectivity index (χ0v) is 8.37. The molecule has 0 aliphatic carbocycles. The second-order valence-corrected chi connectivity index (χ2v) is 3.49. The maximum Gasteiger partial charge on any atom is 0.136 e. The maximum absolute atomic E-state index is 8.00. The van der Waals surface area contributed by atoms with Crippen LogP contribution < -0.4 is 0 Å². The first-order chi connectivity index (χ1) is 9.77. The summed E-state index contributed by atoms with van der Waals surface area (Å²) in [4.78, 5) is 0. The van der Waals surface area contributed by atoms with Crippen molar-refractivity contribution in [2.75, 3.05) is 0 Å². The molecule has 0 aliphatic heterocycles. The third-order valence-corrected chi connectivity index (χ3v) is 2.25. The molecule has 0 fully saturated rings. The average Bonchev–Trinajstić information content (AvgIpc) is 2.87. The molecule has 2 aromatic carbocycles.